The third kappa shape index (κ3) is 5.58. The number of benzene rings is 1. The molecular formula is C13H21PS. The average molecular weight is 240 g/mol. The van der Waals surface area contributed by atoms with Crippen LogP contribution >= 0.6 is 21.0 Å². The Hall–Kier alpha value is 0. The number of hydrogen-bond acceptors (Lipinski definition) is 1. The molecule has 2 atom stereocenters. The van der Waals surface area contributed by atoms with Crippen molar-refractivity contribution >= 4 is 21.0 Å². The number of aryl methyl sites for hydroxylation is 1. The zero-order valence-electron chi connectivity index (χ0n) is 9.49. The van der Waals surface area contributed by atoms with E-state index in [1.54, 1.807) is 0 Å². The Bertz CT molecular complexity index is 248. The fourth-order valence-corrected chi connectivity index (χ4v) is 3.16. The minimum absolute atomic E-state index is 0.815. The molecule has 0 nitrogen and oxygen atoms in total. The van der Waals surface area contributed by atoms with Crippen molar-refractivity contribution in [3.8, 4) is 0 Å². The molecule has 0 fully saturated rings. The van der Waals surface area contributed by atoms with Gasteiger partial charge in [-0.05, 0) is 36.7 Å². The van der Waals surface area contributed by atoms with Crippen LogP contribution in [0.2, 0.25) is 0 Å². The van der Waals surface area contributed by atoms with Crippen molar-refractivity contribution in [2.75, 3.05) is 11.9 Å². The topological polar surface area (TPSA) is 0 Å². The summed E-state index contributed by atoms with van der Waals surface area (Å²) >= 11 is 2.12. The van der Waals surface area contributed by atoms with E-state index in [-0.39, 0.29) is 0 Å². The van der Waals surface area contributed by atoms with Gasteiger partial charge in [0, 0.05) is 5.25 Å². The van der Waals surface area contributed by atoms with Gasteiger partial charge in [-0.3, -0.25) is 0 Å². The van der Waals surface area contributed by atoms with E-state index in [9.17, 15) is 0 Å². The summed E-state index contributed by atoms with van der Waals surface area (Å²) in [4.78, 5) is 0. The lowest BCUT2D eigenvalue weighted by Gasteiger charge is -2.13. The zero-order valence-corrected chi connectivity index (χ0v) is 11.5. The lowest BCUT2D eigenvalue weighted by molar-refractivity contribution is 0.817. The number of rotatable bonds is 7. The normalized spacial score (nSPS) is 12.7. The summed E-state index contributed by atoms with van der Waals surface area (Å²) < 4.78 is 0. The molecule has 2 heteroatoms. The van der Waals surface area contributed by atoms with Gasteiger partial charge in [-0.25, -0.2) is 0 Å². The van der Waals surface area contributed by atoms with Gasteiger partial charge in [0.1, 0.15) is 0 Å². The second-order valence-electron chi connectivity index (χ2n) is 3.75. The average Bonchev–Trinajstić information content (AvgIpc) is 2.31. The first kappa shape index (κ1) is 13.1. The first-order chi connectivity index (χ1) is 7.36. The molecule has 0 aliphatic heterocycles. The minimum atomic E-state index is 0.815. The molecule has 0 aromatic heterocycles. The van der Waals surface area contributed by atoms with E-state index >= 15 is 0 Å². The van der Waals surface area contributed by atoms with Gasteiger partial charge in [0.15, 0.2) is 0 Å². The Morgan fingerprint density at radius 1 is 1.27 bits per heavy atom. The first-order valence-electron chi connectivity index (χ1n) is 5.72. The highest BCUT2D eigenvalue weighted by Gasteiger charge is 2.06. The van der Waals surface area contributed by atoms with Crippen LogP contribution in [0.3, 0.4) is 0 Å². The quantitative estimate of drug-likeness (QED) is 0.649. The molecule has 0 saturated carbocycles. The molecule has 15 heavy (non-hydrogen) atoms. The van der Waals surface area contributed by atoms with Crippen LogP contribution in [0.1, 0.15) is 25.3 Å². The van der Waals surface area contributed by atoms with Crippen molar-refractivity contribution in [3.05, 3.63) is 35.9 Å². The van der Waals surface area contributed by atoms with E-state index in [1.165, 1.54) is 36.7 Å². The van der Waals surface area contributed by atoms with Crippen LogP contribution in [-0.4, -0.2) is 17.2 Å². The molecule has 0 bridgehead atoms. The zero-order chi connectivity index (χ0) is 10.9. The molecule has 1 rings (SSSR count). The molecule has 0 heterocycles. The molecule has 0 amide bonds. The molecule has 0 N–H and O–H groups in total. The van der Waals surface area contributed by atoms with Gasteiger partial charge in [-0.1, -0.05) is 37.3 Å². The standard InChI is InChI=1S/C13H21PS/c1-2-10-15-13(11-14)9-8-12-6-4-3-5-7-12/h3-7,13H,2,8-11,14H2,1H3. The second kappa shape index (κ2) is 8.19. The first-order valence-corrected chi connectivity index (χ1v) is 7.59. The summed E-state index contributed by atoms with van der Waals surface area (Å²) in [6, 6.07) is 10.8. The highest BCUT2D eigenvalue weighted by Crippen LogP contribution is 2.20. The van der Waals surface area contributed by atoms with Crippen LogP contribution in [0, 0.1) is 0 Å². The van der Waals surface area contributed by atoms with Crippen LogP contribution in [-0.2, 0) is 6.42 Å². The fraction of sp³-hybridized carbons (Fsp3) is 0.538. The monoisotopic (exact) mass is 240 g/mol. The van der Waals surface area contributed by atoms with Gasteiger partial charge >= 0.3 is 0 Å². The molecule has 1 aromatic carbocycles. The van der Waals surface area contributed by atoms with Gasteiger partial charge in [0.05, 0.1) is 0 Å². The Morgan fingerprint density at radius 2 is 2.00 bits per heavy atom. The lowest BCUT2D eigenvalue weighted by atomic mass is 10.1. The number of thioether (sulfide) groups is 1. The van der Waals surface area contributed by atoms with E-state index in [0.717, 1.165) is 5.25 Å². The Labute approximate surface area is 100 Å². The highest BCUT2D eigenvalue weighted by molar-refractivity contribution is 8.00. The highest BCUT2D eigenvalue weighted by atomic mass is 32.2. The van der Waals surface area contributed by atoms with Crippen molar-refractivity contribution in [2.45, 2.75) is 31.4 Å². The van der Waals surface area contributed by atoms with Crippen molar-refractivity contribution in [1.29, 1.82) is 0 Å². The van der Waals surface area contributed by atoms with Crippen LogP contribution in [0.4, 0.5) is 0 Å². The van der Waals surface area contributed by atoms with Crippen molar-refractivity contribution < 1.29 is 0 Å². The third-order valence-electron chi connectivity index (χ3n) is 2.42. The van der Waals surface area contributed by atoms with E-state index in [4.69, 9.17) is 0 Å². The summed E-state index contributed by atoms with van der Waals surface area (Å²) in [7, 11) is 2.88. The summed E-state index contributed by atoms with van der Waals surface area (Å²) in [5.41, 5.74) is 1.47. The van der Waals surface area contributed by atoms with Crippen LogP contribution < -0.4 is 0 Å². The maximum atomic E-state index is 2.88. The largest absolute Gasteiger partial charge is 0.158 e. The predicted octanol–water partition coefficient (Wildman–Crippen LogP) is 4.01. The molecule has 0 radical (unpaired) electrons. The minimum Gasteiger partial charge on any atom is -0.158 e. The lowest BCUT2D eigenvalue weighted by Crippen LogP contribution is -2.06. The van der Waals surface area contributed by atoms with Crippen molar-refractivity contribution in [3.63, 3.8) is 0 Å². The van der Waals surface area contributed by atoms with Gasteiger partial charge in [0.25, 0.3) is 0 Å². The van der Waals surface area contributed by atoms with Gasteiger partial charge in [-0.2, -0.15) is 11.8 Å². The van der Waals surface area contributed by atoms with Gasteiger partial charge in [0.2, 0.25) is 0 Å². The maximum Gasteiger partial charge on any atom is 0.00847 e. The van der Waals surface area contributed by atoms with Crippen LogP contribution in [0.5, 0.6) is 0 Å². The predicted molar refractivity (Wildman–Crippen MR) is 75.9 cm³/mol. The summed E-state index contributed by atoms with van der Waals surface area (Å²) in [5, 5.41) is 0.815. The maximum absolute atomic E-state index is 2.88. The van der Waals surface area contributed by atoms with Crippen molar-refractivity contribution in [1.82, 2.24) is 0 Å². The van der Waals surface area contributed by atoms with E-state index in [2.05, 4.69) is 58.3 Å². The van der Waals surface area contributed by atoms with E-state index < -0.39 is 0 Å². The Morgan fingerprint density at radius 3 is 2.60 bits per heavy atom. The smallest absolute Gasteiger partial charge is 0.00847 e. The summed E-state index contributed by atoms with van der Waals surface area (Å²) in [6.07, 6.45) is 5.03. The van der Waals surface area contributed by atoms with Gasteiger partial charge < -0.3 is 0 Å². The van der Waals surface area contributed by atoms with Gasteiger partial charge in [-0.15, -0.1) is 9.24 Å². The summed E-state index contributed by atoms with van der Waals surface area (Å²) in [5.74, 6) is 1.30. The molecule has 0 aliphatic rings. The SMILES string of the molecule is CCCSC(CP)CCc1ccccc1. The summed E-state index contributed by atoms with van der Waals surface area (Å²) in [6.45, 7) is 2.25. The molecule has 0 spiro atoms. The Kier molecular flexibility index (Phi) is 7.13. The fourth-order valence-electron chi connectivity index (χ4n) is 1.53. The molecule has 84 valence electrons. The molecular weight excluding hydrogens is 219 g/mol. The number of hydrogen-bond donors (Lipinski definition) is 0. The second-order valence-corrected chi connectivity index (χ2v) is 5.63. The van der Waals surface area contributed by atoms with Crippen molar-refractivity contribution in [2.24, 2.45) is 0 Å². The molecule has 2 unspecified atom stereocenters. The molecule has 0 aliphatic carbocycles. The third-order valence-corrected chi connectivity index (χ3v) is 4.87. The molecule has 1 aromatic rings. The van der Waals surface area contributed by atoms with E-state index in [1.807, 2.05) is 0 Å². The van der Waals surface area contributed by atoms with Crippen LogP contribution in [0.25, 0.3) is 0 Å². The Balaban J connectivity index is 2.28. The van der Waals surface area contributed by atoms with Crippen LogP contribution in [0.15, 0.2) is 30.3 Å². The van der Waals surface area contributed by atoms with E-state index in [0.29, 0.717) is 0 Å². The molecule has 0 saturated heterocycles.